The monoisotopic (exact) mass is 530 g/mol. The SMILES string of the molecule is C#C.CCc1ccc(NC)c(C2CC2c2ccc(C)c(N)c2)c1.CCc1ccc2c(c1)SCC2.CNCN. The van der Waals surface area contributed by atoms with E-state index in [2.05, 4.69) is 98.8 Å². The molecule has 1 saturated carbocycles. The highest BCUT2D eigenvalue weighted by Crippen LogP contribution is 2.56. The lowest BCUT2D eigenvalue weighted by Crippen LogP contribution is -2.15. The molecule has 3 aromatic carbocycles. The second-order valence-electron chi connectivity index (χ2n) is 9.54. The van der Waals surface area contributed by atoms with Gasteiger partial charge >= 0.3 is 0 Å². The second-order valence-corrected chi connectivity index (χ2v) is 10.7. The lowest BCUT2D eigenvalue weighted by molar-refractivity contribution is 0.833. The first kappa shape index (κ1) is 31.3. The second kappa shape index (κ2) is 16.1. The number of terminal acetylenes is 1. The number of fused-ring (bicyclic) bond motifs is 1. The van der Waals surface area contributed by atoms with Crippen LogP contribution >= 0.6 is 11.8 Å². The van der Waals surface area contributed by atoms with Crippen LogP contribution in [0.25, 0.3) is 0 Å². The van der Waals surface area contributed by atoms with E-state index in [0.717, 1.165) is 18.5 Å². The van der Waals surface area contributed by atoms with Gasteiger partial charge in [0.1, 0.15) is 0 Å². The van der Waals surface area contributed by atoms with Crippen molar-refractivity contribution < 1.29 is 0 Å². The van der Waals surface area contributed by atoms with Crippen molar-refractivity contribution in [2.75, 3.05) is 37.6 Å². The number of hydrogen-bond donors (Lipinski definition) is 4. The molecule has 1 heterocycles. The largest absolute Gasteiger partial charge is 0.399 e. The lowest BCUT2D eigenvalue weighted by atomic mass is 9.99. The van der Waals surface area contributed by atoms with Gasteiger partial charge in [0.2, 0.25) is 0 Å². The van der Waals surface area contributed by atoms with E-state index in [1.165, 1.54) is 57.0 Å². The Kier molecular flexibility index (Phi) is 13.3. The molecular weight excluding hydrogens is 484 g/mol. The van der Waals surface area contributed by atoms with Crippen molar-refractivity contribution >= 4 is 23.1 Å². The van der Waals surface area contributed by atoms with Crippen molar-refractivity contribution in [1.29, 1.82) is 0 Å². The molecule has 0 radical (unpaired) electrons. The Morgan fingerprint density at radius 2 is 1.58 bits per heavy atom. The molecule has 0 spiro atoms. The summed E-state index contributed by atoms with van der Waals surface area (Å²) in [5.74, 6) is 2.52. The van der Waals surface area contributed by atoms with Crippen LogP contribution in [-0.2, 0) is 19.3 Å². The van der Waals surface area contributed by atoms with Crippen molar-refractivity contribution in [3.8, 4) is 12.8 Å². The van der Waals surface area contributed by atoms with Gasteiger partial charge in [0.25, 0.3) is 0 Å². The van der Waals surface area contributed by atoms with Crippen LogP contribution < -0.4 is 22.1 Å². The summed E-state index contributed by atoms with van der Waals surface area (Å²) in [6, 6.07) is 20.2. The number of aryl methyl sites for hydroxylation is 4. The highest BCUT2D eigenvalue weighted by atomic mass is 32.2. The zero-order valence-corrected chi connectivity index (χ0v) is 24.6. The molecule has 5 heteroatoms. The highest BCUT2D eigenvalue weighted by Gasteiger charge is 2.40. The fourth-order valence-corrected chi connectivity index (χ4v) is 5.73. The third-order valence-electron chi connectivity index (χ3n) is 7.09. The van der Waals surface area contributed by atoms with Gasteiger partial charge in [-0.05, 0) is 103 Å². The maximum absolute atomic E-state index is 6.06. The average molecular weight is 531 g/mol. The van der Waals surface area contributed by atoms with E-state index >= 15 is 0 Å². The molecule has 1 aliphatic heterocycles. The highest BCUT2D eigenvalue weighted by molar-refractivity contribution is 7.99. The Morgan fingerprint density at radius 1 is 0.921 bits per heavy atom. The molecule has 2 aliphatic rings. The molecule has 38 heavy (non-hydrogen) atoms. The van der Waals surface area contributed by atoms with Gasteiger partial charge in [-0.15, -0.1) is 24.6 Å². The van der Waals surface area contributed by atoms with Gasteiger partial charge in [0.05, 0.1) is 0 Å². The topological polar surface area (TPSA) is 76.1 Å². The minimum atomic E-state index is 0.569. The summed E-state index contributed by atoms with van der Waals surface area (Å²) in [7, 11) is 3.81. The molecule has 4 nitrogen and oxygen atoms in total. The maximum Gasteiger partial charge on any atom is 0.0426 e. The predicted octanol–water partition coefficient (Wildman–Crippen LogP) is 6.72. The fourth-order valence-electron chi connectivity index (χ4n) is 4.59. The molecule has 6 N–H and O–H groups in total. The van der Waals surface area contributed by atoms with Crippen LogP contribution in [0.15, 0.2) is 59.5 Å². The van der Waals surface area contributed by atoms with Gasteiger partial charge in [-0.1, -0.05) is 50.2 Å². The average Bonchev–Trinajstić information content (AvgIpc) is 3.63. The lowest BCUT2D eigenvalue weighted by Gasteiger charge is -2.11. The molecule has 5 rings (SSSR count). The van der Waals surface area contributed by atoms with Crippen LogP contribution in [0.4, 0.5) is 11.4 Å². The van der Waals surface area contributed by atoms with Gasteiger partial charge in [0, 0.05) is 35.7 Å². The summed E-state index contributed by atoms with van der Waals surface area (Å²) in [5, 5.41) is 6.04. The number of nitrogen functional groups attached to an aromatic ring is 1. The van der Waals surface area contributed by atoms with E-state index in [1.54, 1.807) is 12.6 Å². The van der Waals surface area contributed by atoms with Crippen LogP contribution in [0, 0.1) is 19.8 Å². The van der Waals surface area contributed by atoms with Gasteiger partial charge < -0.3 is 22.1 Å². The minimum absolute atomic E-state index is 0.569. The van der Waals surface area contributed by atoms with Crippen LogP contribution in [0.3, 0.4) is 0 Å². The van der Waals surface area contributed by atoms with E-state index in [-0.39, 0.29) is 0 Å². The Hall–Kier alpha value is -2.91. The summed E-state index contributed by atoms with van der Waals surface area (Å²) >= 11 is 2.00. The number of rotatable bonds is 6. The van der Waals surface area contributed by atoms with Gasteiger partial charge in [-0.2, -0.15) is 0 Å². The van der Waals surface area contributed by atoms with Crippen LogP contribution in [0.1, 0.15) is 65.5 Å². The molecule has 2 unspecified atom stereocenters. The maximum atomic E-state index is 6.06. The number of nitrogens with two attached hydrogens (primary N) is 2. The standard InChI is InChI=1S/C19H24N2.C10H12S.C2H8N2.C2H2/c1-4-13-6-8-19(21-3)17(9-13)16-11-15(16)14-7-5-12(2)18(20)10-14;1-2-8-3-4-9-5-6-11-10(9)7-8;1-4-2-3;1-2/h5-10,15-16,21H,4,11,20H2,1-3H3;3-4,7H,2,5-6H2,1H3;4H,2-3H2,1H3;1-2H. The van der Waals surface area contributed by atoms with E-state index in [4.69, 9.17) is 11.5 Å². The number of benzene rings is 3. The van der Waals surface area contributed by atoms with Crippen LogP contribution in [0.2, 0.25) is 0 Å². The van der Waals surface area contributed by atoms with Crippen molar-refractivity contribution in [2.24, 2.45) is 5.73 Å². The predicted molar refractivity (Wildman–Crippen MR) is 169 cm³/mol. The van der Waals surface area contributed by atoms with E-state index in [9.17, 15) is 0 Å². The van der Waals surface area contributed by atoms with Crippen molar-refractivity contribution in [3.63, 3.8) is 0 Å². The number of hydrogen-bond acceptors (Lipinski definition) is 5. The number of thioether (sulfide) groups is 1. The summed E-state index contributed by atoms with van der Waals surface area (Å²) in [5.41, 5.74) is 21.6. The first-order valence-corrected chi connectivity index (χ1v) is 14.5. The van der Waals surface area contributed by atoms with Gasteiger partial charge in [-0.25, -0.2) is 0 Å². The zero-order valence-electron chi connectivity index (χ0n) is 23.8. The Balaban J connectivity index is 0.000000249. The minimum Gasteiger partial charge on any atom is -0.399 e. The summed E-state index contributed by atoms with van der Waals surface area (Å²) in [4.78, 5) is 1.52. The quantitative estimate of drug-likeness (QED) is 0.162. The zero-order chi connectivity index (χ0) is 28.1. The molecule has 1 fully saturated rings. The van der Waals surface area contributed by atoms with E-state index in [0.29, 0.717) is 18.5 Å². The first-order chi connectivity index (χ1) is 18.4. The molecule has 1 aliphatic carbocycles. The molecule has 0 amide bonds. The summed E-state index contributed by atoms with van der Waals surface area (Å²) in [6.07, 6.45) is 12.7. The molecule has 0 bridgehead atoms. The summed E-state index contributed by atoms with van der Waals surface area (Å²) < 4.78 is 0. The normalized spacial score (nSPS) is 16.4. The Bertz CT molecular complexity index is 1170. The molecular formula is C33H46N4S. The third kappa shape index (κ3) is 8.56. The van der Waals surface area contributed by atoms with E-state index in [1.807, 2.05) is 18.8 Å². The number of nitrogens with one attached hydrogen (secondary N) is 2. The van der Waals surface area contributed by atoms with Crippen molar-refractivity contribution in [1.82, 2.24) is 5.32 Å². The first-order valence-electron chi connectivity index (χ1n) is 13.5. The van der Waals surface area contributed by atoms with Crippen LogP contribution in [-0.4, -0.2) is 26.5 Å². The molecule has 0 saturated heterocycles. The fraction of sp³-hybridized carbons (Fsp3) is 0.394. The molecule has 3 aromatic rings. The number of anilines is 2. The Labute approximate surface area is 235 Å². The van der Waals surface area contributed by atoms with Gasteiger partial charge in [0.15, 0.2) is 0 Å². The van der Waals surface area contributed by atoms with Crippen LogP contribution in [0.5, 0.6) is 0 Å². The smallest absolute Gasteiger partial charge is 0.0426 e. The van der Waals surface area contributed by atoms with Gasteiger partial charge in [-0.3, -0.25) is 0 Å². The molecule has 0 aromatic heterocycles. The third-order valence-corrected chi connectivity index (χ3v) is 8.19. The van der Waals surface area contributed by atoms with Crippen molar-refractivity contribution in [3.05, 3.63) is 88.0 Å². The Morgan fingerprint density at radius 3 is 2.18 bits per heavy atom. The molecule has 204 valence electrons. The molecule has 2 atom stereocenters. The van der Waals surface area contributed by atoms with Crippen molar-refractivity contribution in [2.45, 2.75) is 63.2 Å². The van der Waals surface area contributed by atoms with E-state index < -0.39 is 0 Å². The summed E-state index contributed by atoms with van der Waals surface area (Å²) in [6.45, 7) is 7.05.